The van der Waals surface area contributed by atoms with Crippen LogP contribution >= 0.6 is 0 Å². The van der Waals surface area contributed by atoms with Gasteiger partial charge in [0.15, 0.2) is 11.6 Å². The number of unbranched alkanes of at least 4 members (excludes halogenated alkanes) is 1. The molecule has 1 heterocycles. The second-order valence-electron chi connectivity index (χ2n) is 4.77. The van der Waals surface area contributed by atoms with E-state index in [0.717, 1.165) is 32.1 Å². The van der Waals surface area contributed by atoms with Crippen LogP contribution in [0.1, 0.15) is 56.3 Å². The molecule has 1 unspecified atom stereocenters. The smallest absolute Gasteiger partial charge is 0.254 e. The number of hydrazine groups is 1. The van der Waals surface area contributed by atoms with Crippen molar-refractivity contribution in [3.63, 3.8) is 0 Å². The third kappa shape index (κ3) is 4.45. The Morgan fingerprint density at radius 2 is 2.15 bits per heavy atom. The number of hydrogen-bond acceptors (Lipinski definition) is 4. The summed E-state index contributed by atoms with van der Waals surface area (Å²) >= 11 is 0. The van der Waals surface area contributed by atoms with Gasteiger partial charge in [-0.05, 0) is 18.9 Å². The van der Waals surface area contributed by atoms with Crippen molar-refractivity contribution in [1.29, 1.82) is 0 Å². The highest BCUT2D eigenvalue weighted by atomic mass is 19.1. The van der Waals surface area contributed by atoms with Crippen LogP contribution < -0.4 is 16.6 Å². The summed E-state index contributed by atoms with van der Waals surface area (Å²) in [5, 5.41) is 2.89. The molecule has 4 N–H and O–H groups in total. The Balaban J connectivity index is 2.78. The quantitative estimate of drug-likeness (QED) is 0.506. The van der Waals surface area contributed by atoms with Crippen LogP contribution in [0.25, 0.3) is 0 Å². The molecular weight excluding hydrogens is 259 g/mol. The van der Waals surface area contributed by atoms with Crippen LogP contribution in [0, 0.1) is 5.82 Å². The van der Waals surface area contributed by atoms with Gasteiger partial charge in [-0.1, -0.05) is 33.1 Å². The molecule has 0 radical (unpaired) electrons. The molecule has 0 aliphatic heterocycles. The predicted molar refractivity (Wildman–Crippen MR) is 77.7 cm³/mol. The van der Waals surface area contributed by atoms with Gasteiger partial charge in [-0.3, -0.25) is 4.79 Å². The minimum absolute atomic E-state index is 0.0365. The van der Waals surface area contributed by atoms with Gasteiger partial charge in [-0.2, -0.15) is 0 Å². The largest absolute Gasteiger partial charge is 0.349 e. The van der Waals surface area contributed by atoms with Gasteiger partial charge in [0.2, 0.25) is 0 Å². The van der Waals surface area contributed by atoms with Gasteiger partial charge in [-0.15, -0.1) is 0 Å². The van der Waals surface area contributed by atoms with Crippen molar-refractivity contribution < 1.29 is 9.18 Å². The van der Waals surface area contributed by atoms with Crippen LogP contribution in [0.4, 0.5) is 10.2 Å². The molecular formula is C14H23FN4O. The topological polar surface area (TPSA) is 80.0 Å². The van der Waals surface area contributed by atoms with Crippen LogP contribution in [0.5, 0.6) is 0 Å². The number of nitrogens with two attached hydrogens (primary N) is 1. The number of carbonyl (C=O) groups is 1. The second kappa shape index (κ2) is 8.47. The highest BCUT2D eigenvalue weighted by Gasteiger charge is 2.18. The summed E-state index contributed by atoms with van der Waals surface area (Å²) in [5.74, 6) is 3.88. The Bertz CT molecular complexity index is 439. The summed E-state index contributed by atoms with van der Waals surface area (Å²) in [5.41, 5.74) is 2.10. The number of anilines is 1. The van der Waals surface area contributed by atoms with E-state index in [2.05, 4.69) is 29.6 Å². The lowest BCUT2D eigenvalue weighted by Gasteiger charge is -2.18. The summed E-state index contributed by atoms with van der Waals surface area (Å²) < 4.78 is 13.9. The molecule has 20 heavy (non-hydrogen) atoms. The van der Waals surface area contributed by atoms with Gasteiger partial charge in [0.05, 0.1) is 5.56 Å². The first kappa shape index (κ1) is 16.4. The fourth-order valence-electron chi connectivity index (χ4n) is 2.07. The average Bonchev–Trinajstić information content (AvgIpc) is 2.45. The fourth-order valence-corrected chi connectivity index (χ4v) is 2.07. The second-order valence-corrected chi connectivity index (χ2v) is 4.77. The summed E-state index contributed by atoms with van der Waals surface area (Å²) in [7, 11) is 0. The van der Waals surface area contributed by atoms with Crippen molar-refractivity contribution in [2.24, 2.45) is 5.84 Å². The number of carbonyl (C=O) groups excluding carboxylic acids is 1. The molecule has 1 rings (SSSR count). The number of nitrogen functional groups attached to an aromatic ring is 1. The molecule has 0 aliphatic rings. The lowest BCUT2D eigenvalue weighted by atomic mass is 10.0. The number of pyridine rings is 1. The van der Waals surface area contributed by atoms with E-state index in [0.29, 0.717) is 0 Å². The number of amides is 1. The molecule has 6 heteroatoms. The molecule has 1 aromatic heterocycles. The average molecular weight is 282 g/mol. The zero-order valence-corrected chi connectivity index (χ0v) is 12.1. The summed E-state index contributed by atoms with van der Waals surface area (Å²) in [4.78, 5) is 15.8. The minimum Gasteiger partial charge on any atom is -0.349 e. The molecule has 0 aliphatic carbocycles. The SMILES string of the molecule is CCCCC(CCC)NC(=O)c1ccnc(NN)c1F. The van der Waals surface area contributed by atoms with Crippen molar-refractivity contribution in [2.75, 3.05) is 5.43 Å². The highest BCUT2D eigenvalue weighted by Crippen LogP contribution is 2.15. The molecule has 1 amide bonds. The van der Waals surface area contributed by atoms with Crippen molar-refractivity contribution in [1.82, 2.24) is 10.3 Å². The van der Waals surface area contributed by atoms with Crippen molar-refractivity contribution in [3.05, 3.63) is 23.6 Å². The monoisotopic (exact) mass is 282 g/mol. The van der Waals surface area contributed by atoms with E-state index in [1.165, 1.54) is 12.3 Å². The molecule has 0 bridgehead atoms. The molecule has 0 saturated heterocycles. The van der Waals surface area contributed by atoms with Crippen LogP contribution in [0.15, 0.2) is 12.3 Å². The molecule has 0 saturated carbocycles. The highest BCUT2D eigenvalue weighted by molar-refractivity contribution is 5.95. The van der Waals surface area contributed by atoms with Gasteiger partial charge in [0.25, 0.3) is 5.91 Å². The van der Waals surface area contributed by atoms with Gasteiger partial charge in [-0.25, -0.2) is 15.2 Å². The Labute approximate surface area is 119 Å². The molecule has 0 fully saturated rings. The van der Waals surface area contributed by atoms with E-state index in [1.54, 1.807) is 0 Å². The maximum atomic E-state index is 13.9. The fraction of sp³-hybridized carbons (Fsp3) is 0.571. The van der Waals surface area contributed by atoms with Gasteiger partial charge in [0.1, 0.15) is 0 Å². The third-order valence-corrected chi connectivity index (χ3v) is 3.15. The summed E-state index contributed by atoms with van der Waals surface area (Å²) in [6.07, 6.45) is 6.24. The maximum Gasteiger partial charge on any atom is 0.254 e. The van der Waals surface area contributed by atoms with Gasteiger partial charge in [0, 0.05) is 12.2 Å². The molecule has 5 nitrogen and oxygen atoms in total. The molecule has 1 aromatic rings. The number of nitrogens with zero attached hydrogens (tertiary/aromatic N) is 1. The normalized spacial score (nSPS) is 12.0. The molecule has 0 spiro atoms. The first-order chi connectivity index (χ1) is 9.63. The Morgan fingerprint density at radius 3 is 2.75 bits per heavy atom. The molecule has 1 atom stereocenters. The lowest BCUT2D eigenvalue weighted by Crippen LogP contribution is -2.35. The van der Waals surface area contributed by atoms with Crippen LogP contribution in [-0.2, 0) is 0 Å². The van der Waals surface area contributed by atoms with Crippen molar-refractivity contribution in [2.45, 2.75) is 52.0 Å². The third-order valence-electron chi connectivity index (χ3n) is 3.15. The van der Waals surface area contributed by atoms with Gasteiger partial charge < -0.3 is 10.7 Å². The van der Waals surface area contributed by atoms with Crippen molar-refractivity contribution in [3.8, 4) is 0 Å². The number of halogens is 1. The van der Waals surface area contributed by atoms with E-state index in [1.807, 2.05) is 0 Å². The predicted octanol–water partition coefficient (Wildman–Crippen LogP) is 2.59. The lowest BCUT2D eigenvalue weighted by molar-refractivity contribution is 0.0928. The van der Waals surface area contributed by atoms with E-state index in [-0.39, 0.29) is 17.4 Å². The Kier molecular flexibility index (Phi) is 6.93. The first-order valence-electron chi connectivity index (χ1n) is 7.05. The zero-order valence-electron chi connectivity index (χ0n) is 12.1. The summed E-state index contributed by atoms with van der Waals surface area (Å²) in [6.45, 7) is 4.17. The maximum absolute atomic E-state index is 13.9. The Morgan fingerprint density at radius 1 is 1.40 bits per heavy atom. The zero-order chi connectivity index (χ0) is 15.0. The van der Waals surface area contributed by atoms with Crippen molar-refractivity contribution >= 4 is 11.7 Å². The van der Waals surface area contributed by atoms with Crippen LogP contribution in [-0.4, -0.2) is 16.9 Å². The number of hydrogen-bond donors (Lipinski definition) is 3. The van der Waals surface area contributed by atoms with E-state index >= 15 is 0 Å². The number of nitrogens with one attached hydrogen (secondary N) is 2. The number of rotatable bonds is 8. The minimum atomic E-state index is -0.724. The van der Waals surface area contributed by atoms with Gasteiger partial charge >= 0.3 is 0 Å². The molecule has 112 valence electrons. The standard InChI is InChI=1S/C14H23FN4O/c1-3-5-7-10(6-4-2)18-14(20)11-8-9-17-13(19-16)12(11)15/h8-10H,3-7,16H2,1-2H3,(H,17,19)(H,18,20). The van der Waals surface area contributed by atoms with Crippen LogP contribution in [0.2, 0.25) is 0 Å². The van der Waals surface area contributed by atoms with E-state index in [4.69, 9.17) is 5.84 Å². The number of aromatic nitrogens is 1. The van der Waals surface area contributed by atoms with Crippen LogP contribution in [0.3, 0.4) is 0 Å². The van der Waals surface area contributed by atoms with E-state index in [9.17, 15) is 9.18 Å². The van der Waals surface area contributed by atoms with E-state index < -0.39 is 11.7 Å². The Hall–Kier alpha value is -1.69. The molecule has 0 aromatic carbocycles. The first-order valence-corrected chi connectivity index (χ1v) is 7.05. The summed E-state index contributed by atoms with van der Waals surface area (Å²) in [6, 6.07) is 1.43.